The number of anilines is 1. The summed E-state index contributed by atoms with van der Waals surface area (Å²) in [6, 6.07) is 12.3. The highest BCUT2D eigenvalue weighted by Gasteiger charge is 2.36. The molecule has 0 bridgehead atoms. The molecule has 1 aliphatic heterocycles. The van der Waals surface area contributed by atoms with Gasteiger partial charge < -0.3 is 19.0 Å². The van der Waals surface area contributed by atoms with Crippen LogP contribution in [0.5, 0.6) is 0 Å². The van der Waals surface area contributed by atoms with Crippen LogP contribution in [0.15, 0.2) is 46.9 Å². The van der Waals surface area contributed by atoms with E-state index in [0.29, 0.717) is 18.4 Å². The van der Waals surface area contributed by atoms with Crippen LogP contribution in [0, 0.1) is 5.92 Å². The molecule has 0 N–H and O–H groups in total. The predicted molar refractivity (Wildman–Crippen MR) is 110 cm³/mol. The average molecular weight is 380 g/mol. The molecule has 1 aliphatic carbocycles. The van der Waals surface area contributed by atoms with Crippen LogP contribution in [0.25, 0.3) is 6.08 Å². The molecule has 1 saturated heterocycles. The molecule has 28 heavy (non-hydrogen) atoms. The number of carbonyl (C=O) groups excluding carboxylic acids is 1. The third-order valence-electron chi connectivity index (χ3n) is 5.64. The van der Waals surface area contributed by atoms with Crippen molar-refractivity contribution in [2.75, 3.05) is 38.3 Å². The maximum Gasteiger partial charge on any atom is 0.246 e. The molecule has 2 aromatic rings. The second-order valence-corrected chi connectivity index (χ2v) is 7.82. The highest BCUT2D eigenvalue weighted by molar-refractivity contribution is 5.91. The average Bonchev–Trinajstić information content (AvgIpc) is 3.26. The smallest absolute Gasteiger partial charge is 0.246 e. The SMILES string of the molecule is C[C@H]1C[C@H]1c1ccc(/C=C/C(=O)N(C)Cc2ccccc2N2CCOCC2)o1. The summed E-state index contributed by atoms with van der Waals surface area (Å²) in [6.07, 6.45) is 4.56. The summed E-state index contributed by atoms with van der Waals surface area (Å²) >= 11 is 0. The Morgan fingerprint density at radius 1 is 1.21 bits per heavy atom. The second kappa shape index (κ2) is 8.23. The highest BCUT2D eigenvalue weighted by Crippen LogP contribution is 2.47. The number of amides is 1. The molecule has 148 valence electrons. The van der Waals surface area contributed by atoms with Gasteiger partial charge in [-0.2, -0.15) is 0 Å². The van der Waals surface area contributed by atoms with E-state index in [4.69, 9.17) is 9.15 Å². The minimum Gasteiger partial charge on any atom is -0.461 e. The summed E-state index contributed by atoms with van der Waals surface area (Å²) < 4.78 is 11.3. The van der Waals surface area contributed by atoms with Crippen molar-refractivity contribution >= 4 is 17.7 Å². The largest absolute Gasteiger partial charge is 0.461 e. The van der Waals surface area contributed by atoms with Gasteiger partial charge in [-0.05, 0) is 42.2 Å². The topological polar surface area (TPSA) is 45.9 Å². The van der Waals surface area contributed by atoms with Crippen molar-refractivity contribution < 1.29 is 13.9 Å². The third kappa shape index (κ3) is 4.30. The quantitative estimate of drug-likeness (QED) is 0.713. The molecule has 1 saturated carbocycles. The number of rotatable bonds is 6. The van der Waals surface area contributed by atoms with Crippen molar-refractivity contribution in [1.82, 2.24) is 4.90 Å². The van der Waals surface area contributed by atoms with Gasteiger partial charge in [-0.15, -0.1) is 0 Å². The Hall–Kier alpha value is -2.53. The Kier molecular flexibility index (Phi) is 5.53. The van der Waals surface area contributed by atoms with E-state index in [1.807, 2.05) is 31.3 Å². The maximum atomic E-state index is 12.6. The second-order valence-electron chi connectivity index (χ2n) is 7.82. The number of ether oxygens (including phenoxy) is 1. The van der Waals surface area contributed by atoms with Crippen molar-refractivity contribution in [1.29, 1.82) is 0 Å². The van der Waals surface area contributed by atoms with Gasteiger partial charge in [0.1, 0.15) is 11.5 Å². The van der Waals surface area contributed by atoms with Gasteiger partial charge >= 0.3 is 0 Å². The molecule has 5 nitrogen and oxygen atoms in total. The summed E-state index contributed by atoms with van der Waals surface area (Å²) in [4.78, 5) is 16.6. The lowest BCUT2D eigenvalue weighted by atomic mass is 10.1. The zero-order chi connectivity index (χ0) is 19.5. The van der Waals surface area contributed by atoms with Crippen molar-refractivity contribution in [3.05, 3.63) is 59.6 Å². The van der Waals surface area contributed by atoms with Crippen LogP contribution < -0.4 is 4.90 Å². The number of hydrogen-bond acceptors (Lipinski definition) is 4. The van der Waals surface area contributed by atoms with Gasteiger partial charge in [0.05, 0.1) is 13.2 Å². The van der Waals surface area contributed by atoms with E-state index < -0.39 is 0 Å². The Balaban J connectivity index is 1.38. The van der Waals surface area contributed by atoms with Gasteiger partial charge in [-0.1, -0.05) is 25.1 Å². The molecular formula is C23H28N2O3. The summed E-state index contributed by atoms with van der Waals surface area (Å²) in [5, 5.41) is 0. The number of benzene rings is 1. The van der Waals surface area contributed by atoms with Crippen molar-refractivity contribution in [3.8, 4) is 0 Å². The van der Waals surface area contributed by atoms with E-state index >= 15 is 0 Å². The summed E-state index contributed by atoms with van der Waals surface area (Å²) in [5.74, 6) is 3.01. The van der Waals surface area contributed by atoms with Crippen LogP contribution in [-0.4, -0.2) is 44.2 Å². The number of hydrogen-bond donors (Lipinski definition) is 0. The van der Waals surface area contributed by atoms with Crippen LogP contribution >= 0.6 is 0 Å². The molecule has 5 heteroatoms. The summed E-state index contributed by atoms with van der Waals surface area (Å²) in [6.45, 7) is 6.06. The molecular weight excluding hydrogens is 352 g/mol. The van der Waals surface area contributed by atoms with Crippen molar-refractivity contribution in [2.24, 2.45) is 5.92 Å². The zero-order valence-electron chi connectivity index (χ0n) is 16.6. The molecule has 1 aromatic carbocycles. The molecule has 1 aromatic heterocycles. The fourth-order valence-corrected chi connectivity index (χ4v) is 3.75. The van der Waals surface area contributed by atoms with Crippen LogP contribution in [0.1, 0.15) is 36.3 Å². The van der Waals surface area contributed by atoms with E-state index in [9.17, 15) is 4.79 Å². The molecule has 2 fully saturated rings. The number of carbonyl (C=O) groups is 1. The first kappa shape index (κ1) is 18.8. The number of para-hydroxylation sites is 1. The van der Waals surface area contributed by atoms with E-state index in [-0.39, 0.29) is 5.91 Å². The number of likely N-dealkylation sites (N-methyl/N-ethyl adjacent to an activating group) is 1. The van der Waals surface area contributed by atoms with Crippen molar-refractivity contribution in [2.45, 2.75) is 25.8 Å². The van der Waals surface area contributed by atoms with E-state index in [1.54, 1.807) is 17.1 Å². The van der Waals surface area contributed by atoms with Gasteiger partial charge in [0.15, 0.2) is 0 Å². The lowest BCUT2D eigenvalue weighted by Crippen LogP contribution is -2.37. The standard InChI is InChI=1S/C23H28N2O3/c1-17-15-20(17)22-9-7-19(28-22)8-10-23(26)24(2)16-18-5-3-4-6-21(18)25-11-13-27-14-12-25/h3-10,17,20H,11-16H2,1-2H3/b10-8+/t17-,20+/m0/s1. The van der Waals surface area contributed by atoms with Gasteiger partial charge in [0, 0.05) is 44.4 Å². The normalized spacial score (nSPS) is 21.9. The van der Waals surface area contributed by atoms with Crippen molar-refractivity contribution in [3.63, 3.8) is 0 Å². The molecule has 2 atom stereocenters. The van der Waals surface area contributed by atoms with Crippen LogP contribution in [0.3, 0.4) is 0 Å². The Morgan fingerprint density at radius 2 is 1.96 bits per heavy atom. The first-order valence-electron chi connectivity index (χ1n) is 10.1. The molecule has 2 aliphatic rings. The first-order valence-corrected chi connectivity index (χ1v) is 10.1. The highest BCUT2D eigenvalue weighted by atomic mass is 16.5. The molecule has 4 rings (SSSR count). The van der Waals surface area contributed by atoms with Gasteiger partial charge in [0.2, 0.25) is 5.91 Å². The molecule has 0 radical (unpaired) electrons. The fourth-order valence-electron chi connectivity index (χ4n) is 3.75. The summed E-state index contributed by atoms with van der Waals surface area (Å²) in [5.41, 5.74) is 2.33. The number of morpholine rings is 1. The zero-order valence-corrected chi connectivity index (χ0v) is 16.6. The summed E-state index contributed by atoms with van der Waals surface area (Å²) in [7, 11) is 1.84. The Bertz CT molecular complexity index is 851. The molecule has 2 heterocycles. The first-order chi connectivity index (χ1) is 13.6. The molecule has 1 amide bonds. The molecule has 0 spiro atoms. The Morgan fingerprint density at radius 3 is 2.71 bits per heavy atom. The fraction of sp³-hybridized carbons (Fsp3) is 0.435. The molecule has 0 unspecified atom stereocenters. The third-order valence-corrected chi connectivity index (χ3v) is 5.64. The van der Waals surface area contributed by atoms with Crippen LogP contribution in [-0.2, 0) is 16.1 Å². The van der Waals surface area contributed by atoms with Crippen LogP contribution in [0.2, 0.25) is 0 Å². The van der Waals surface area contributed by atoms with Gasteiger partial charge in [-0.25, -0.2) is 0 Å². The number of nitrogens with zero attached hydrogens (tertiary/aromatic N) is 2. The van der Waals surface area contributed by atoms with E-state index in [1.165, 1.54) is 12.1 Å². The van der Waals surface area contributed by atoms with Gasteiger partial charge in [0.25, 0.3) is 0 Å². The number of furan rings is 1. The van der Waals surface area contributed by atoms with E-state index in [0.717, 1.165) is 43.4 Å². The minimum atomic E-state index is -0.0329. The Labute approximate surface area is 166 Å². The maximum absolute atomic E-state index is 12.6. The minimum absolute atomic E-state index is 0.0329. The van der Waals surface area contributed by atoms with E-state index in [2.05, 4.69) is 24.0 Å². The predicted octanol–water partition coefficient (Wildman–Crippen LogP) is 3.91. The van der Waals surface area contributed by atoms with Gasteiger partial charge in [-0.3, -0.25) is 4.79 Å². The monoisotopic (exact) mass is 380 g/mol. The lowest BCUT2D eigenvalue weighted by molar-refractivity contribution is -0.125. The lowest BCUT2D eigenvalue weighted by Gasteiger charge is -2.31. The van der Waals surface area contributed by atoms with Crippen LogP contribution in [0.4, 0.5) is 5.69 Å².